The molecule has 2 aromatic carbocycles. The van der Waals surface area contributed by atoms with Crippen LogP contribution in [0.3, 0.4) is 0 Å². The molecule has 52 heavy (non-hydrogen) atoms. The Morgan fingerprint density at radius 2 is 0.981 bits per heavy atom. The van der Waals surface area contributed by atoms with E-state index in [2.05, 4.69) is 0 Å². The molecule has 288 valence electrons. The number of aliphatic carboxylic acids is 2. The quantitative estimate of drug-likeness (QED) is 0.202. The van der Waals surface area contributed by atoms with Gasteiger partial charge in [0.25, 0.3) is 0 Å². The van der Waals surface area contributed by atoms with Crippen molar-refractivity contribution in [2.75, 3.05) is 13.2 Å². The van der Waals surface area contributed by atoms with Gasteiger partial charge in [-0.3, -0.25) is 19.2 Å². The highest BCUT2D eigenvalue weighted by Crippen LogP contribution is 2.35. The van der Waals surface area contributed by atoms with E-state index in [0.29, 0.717) is 24.3 Å². The Balaban J connectivity index is 0.000000280. The van der Waals surface area contributed by atoms with Crippen LogP contribution in [-0.2, 0) is 54.3 Å². The van der Waals surface area contributed by atoms with Crippen LogP contribution in [0.4, 0.5) is 0 Å². The van der Waals surface area contributed by atoms with Crippen LogP contribution in [-0.4, -0.2) is 80.9 Å². The molecule has 0 saturated carbocycles. The lowest BCUT2D eigenvalue weighted by molar-refractivity contribution is -0.155. The van der Waals surface area contributed by atoms with Gasteiger partial charge in [0.2, 0.25) is 0 Å². The Labute approximate surface area is 306 Å². The molecule has 12 nitrogen and oxygen atoms in total. The molecule has 4 N–H and O–H groups in total. The predicted molar refractivity (Wildman–Crippen MR) is 192 cm³/mol. The Kier molecular flexibility index (Phi) is 13.9. The molecule has 2 aliphatic rings. The monoisotopic (exact) mass is 728 g/mol. The minimum Gasteiger partial charge on any atom is -0.490 e. The number of aliphatic hydroxyl groups excluding tert-OH is 2. The number of benzene rings is 2. The van der Waals surface area contributed by atoms with E-state index in [-0.39, 0.29) is 49.8 Å². The first kappa shape index (κ1) is 42.3. The van der Waals surface area contributed by atoms with Crippen molar-refractivity contribution >= 4 is 23.9 Å². The molecule has 0 radical (unpaired) electrons. The second-order valence-corrected chi connectivity index (χ2v) is 16.4. The summed E-state index contributed by atoms with van der Waals surface area (Å²) in [4.78, 5) is 46.7. The standard InChI is InChI=1S/2C20H28O6/c2*1-19(2,3)26-17(22)10-13-5-8-16-14(9-13)6-7-15(25-16)11-20(4,12-21)18(23)24/h2*5,8-9,15,21H,6-7,10-12H2,1-4H3,(H,23,24)/t15-,20+;15-,20-/m11/s1. The second kappa shape index (κ2) is 17.1. The second-order valence-electron chi connectivity index (χ2n) is 16.4. The fraction of sp³-hybridized carbons (Fsp3) is 0.600. The number of hydrogen-bond acceptors (Lipinski definition) is 10. The van der Waals surface area contributed by atoms with Crippen LogP contribution in [0.15, 0.2) is 36.4 Å². The summed E-state index contributed by atoms with van der Waals surface area (Å²) in [6.45, 7) is 13.2. The molecule has 0 aliphatic carbocycles. The molecule has 2 aromatic rings. The summed E-state index contributed by atoms with van der Waals surface area (Å²) in [5.41, 5.74) is 0.302. The van der Waals surface area contributed by atoms with Crippen molar-refractivity contribution in [2.24, 2.45) is 10.8 Å². The molecule has 0 bridgehead atoms. The van der Waals surface area contributed by atoms with Crippen LogP contribution in [0.1, 0.15) is 103 Å². The zero-order chi connectivity index (χ0) is 39.1. The molecule has 0 unspecified atom stereocenters. The van der Waals surface area contributed by atoms with Gasteiger partial charge in [0.05, 0.1) is 36.9 Å². The number of esters is 2. The lowest BCUT2D eigenvalue weighted by Crippen LogP contribution is -2.38. The van der Waals surface area contributed by atoms with E-state index in [0.717, 1.165) is 35.1 Å². The summed E-state index contributed by atoms with van der Waals surface area (Å²) < 4.78 is 22.5. The van der Waals surface area contributed by atoms with Crippen LogP contribution < -0.4 is 9.47 Å². The predicted octanol–water partition coefficient (Wildman–Crippen LogP) is 5.48. The van der Waals surface area contributed by atoms with Gasteiger partial charge >= 0.3 is 23.9 Å². The van der Waals surface area contributed by atoms with E-state index in [1.165, 1.54) is 13.8 Å². The van der Waals surface area contributed by atoms with Crippen molar-refractivity contribution in [2.45, 2.75) is 130 Å². The van der Waals surface area contributed by atoms with Gasteiger partial charge in [-0.05, 0) is 115 Å². The van der Waals surface area contributed by atoms with Gasteiger partial charge in [0, 0.05) is 12.8 Å². The molecule has 0 fully saturated rings. The number of carbonyl (C=O) groups is 4. The highest BCUT2D eigenvalue weighted by molar-refractivity contribution is 5.75. The maximum absolute atomic E-state index is 12.0. The summed E-state index contributed by atoms with van der Waals surface area (Å²) in [6.07, 6.45) is 3.21. The van der Waals surface area contributed by atoms with Gasteiger partial charge < -0.3 is 39.4 Å². The minimum atomic E-state index is -1.21. The fourth-order valence-electron chi connectivity index (χ4n) is 6.04. The Bertz CT molecular complexity index is 1470. The number of ether oxygens (including phenoxy) is 4. The van der Waals surface area contributed by atoms with Crippen molar-refractivity contribution in [3.63, 3.8) is 0 Å². The molecule has 2 aliphatic heterocycles. The summed E-state index contributed by atoms with van der Waals surface area (Å²) in [5, 5.41) is 37.4. The maximum atomic E-state index is 12.0. The van der Waals surface area contributed by atoms with E-state index in [4.69, 9.17) is 18.9 Å². The molecule has 0 spiro atoms. The minimum absolute atomic E-state index is 0.204. The van der Waals surface area contributed by atoms with Gasteiger partial charge in [-0.25, -0.2) is 0 Å². The van der Waals surface area contributed by atoms with Crippen LogP contribution in [0, 0.1) is 10.8 Å². The molecule has 0 aromatic heterocycles. The molecule has 0 amide bonds. The topological polar surface area (TPSA) is 186 Å². The molecule has 12 heteroatoms. The van der Waals surface area contributed by atoms with E-state index in [9.17, 15) is 39.6 Å². The molecular formula is C40H56O12. The highest BCUT2D eigenvalue weighted by Gasteiger charge is 2.38. The zero-order valence-electron chi connectivity index (χ0n) is 31.7. The largest absolute Gasteiger partial charge is 0.490 e. The van der Waals surface area contributed by atoms with Crippen LogP contribution in [0.25, 0.3) is 0 Å². The third kappa shape index (κ3) is 12.5. The molecule has 0 saturated heterocycles. The van der Waals surface area contributed by atoms with Gasteiger partial charge in [0.1, 0.15) is 34.9 Å². The zero-order valence-corrected chi connectivity index (χ0v) is 31.7. The maximum Gasteiger partial charge on any atom is 0.311 e. The number of carbonyl (C=O) groups excluding carboxylic acids is 2. The average molecular weight is 729 g/mol. The van der Waals surface area contributed by atoms with Gasteiger partial charge in [-0.2, -0.15) is 0 Å². The van der Waals surface area contributed by atoms with Crippen LogP contribution in [0.2, 0.25) is 0 Å². The SMILES string of the molecule is CC(C)(C)OC(=O)Cc1ccc2c(c1)CC[C@H](C[C@@](C)(CO)C(=O)O)O2.CC(C)(C)OC(=O)Cc1ccc2c(c1)CC[C@H](C[C@](C)(CO)C(=O)O)O2. The number of fused-ring (bicyclic) bond motifs is 2. The average Bonchev–Trinajstić information content (AvgIpc) is 3.03. The number of carboxylic acids is 2. The van der Waals surface area contributed by atoms with Crippen molar-refractivity contribution < 1.29 is 58.6 Å². The van der Waals surface area contributed by atoms with Gasteiger partial charge in [-0.1, -0.05) is 24.3 Å². The van der Waals surface area contributed by atoms with Crippen molar-refractivity contribution in [1.29, 1.82) is 0 Å². The lowest BCUT2D eigenvalue weighted by Gasteiger charge is -2.32. The summed E-state index contributed by atoms with van der Waals surface area (Å²) in [7, 11) is 0. The van der Waals surface area contributed by atoms with Crippen molar-refractivity contribution in [1.82, 2.24) is 0 Å². The highest BCUT2D eigenvalue weighted by atomic mass is 16.6. The van der Waals surface area contributed by atoms with Crippen molar-refractivity contribution in [3.8, 4) is 11.5 Å². The first-order chi connectivity index (χ1) is 24.0. The Hall–Kier alpha value is -4.16. The van der Waals surface area contributed by atoms with E-state index in [1.54, 1.807) is 0 Å². The number of hydrogen-bond donors (Lipinski definition) is 4. The van der Waals surface area contributed by atoms with E-state index in [1.807, 2.05) is 77.9 Å². The van der Waals surface area contributed by atoms with Crippen LogP contribution >= 0.6 is 0 Å². The summed E-state index contributed by atoms with van der Waals surface area (Å²) in [6, 6.07) is 11.2. The van der Waals surface area contributed by atoms with E-state index >= 15 is 0 Å². The smallest absolute Gasteiger partial charge is 0.311 e. The summed E-state index contributed by atoms with van der Waals surface area (Å²) >= 11 is 0. The number of rotatable bonds is 12. The fourth-order valence-corrected chi connectivity index (χ4v) is 6.04. The van der Waals surface area contributed by atoms with Crippen molar-refractivity contribution in [3.05, 3.63) is 58.7 Å². The first-order valence-corrected chi connectivity index (χ1v) is 17.7. The van der Waals surface area contributed by atoms with Gasteiger partial charge in [0.15, 0.2) is 0 Å². The molecular weight excluding hydrogens is 672 g/mol. The molecule has 4 rings (SSSR count). The number of aliphatic hydroxyl groups is 2. The number of aryl methyl sites for hydroxylation is 2. The third-order valence-electron chi connectivity index (χ3n) is 8.93. The van der Waals surface area contributed by atoms with Gasteiger partial charge in [-0.15, -0.1) is 0 Å². The summed E-state index contributed by atoms with van der Waals surface area (Å²) in [5.74, 6) is -1.18. The third-order valence-corrected chi connectivity index (χ3v) is 8.93. The van der Waals surface area contributed by atoms with E-state index < -0.39 is 47.2 Å². The van der Waals surface area contributed by atoms with Crippen LogP contribution in [0.5, 0.6) is 11.5 Å². The first-order valence-electron chi connectivity index (χ1n) is 17.7. The Morgan fingerprint density at radius 3 is 1.27 bits per heavy atom. The Morgan fingerprint density at radius 1 is 0.635 bits per heavy atom. The lowest BCUT2D eigenvalue weighted by atomic mass is 9.83. The molecule has 4 atom stereocenters. The number of carboxylic acid groups (broad SMARTS) is 2. The normalized spacial score (nSPS) is 19.0. The molecule has 2 heterocycles.